The van der Waals surface area contributed by atoms with Crippen LogP contribution >= 0.6 is 0 Å². The maximum atomic E-state index is 11.0. The highest BCUT2D eigenvalue weighted by Gasteiger charge is 2.46. The van der Waals surface area contributed by atoms with Crippen LogP contribution in [0.3, 0.4) is 0 Å². The van der Waals surface area contributed by atoms with Gasteiger partial charge in [0.15, 0.2) is 0 Å². The van der Waals surface area contributed by atoms with Crippen LogP contribution in [0.1, 0.15) is 32.6 Å². The molecule has 0 spiro atoms. The zero-order valence-electron chi connectivity index (χ0n) is 7.95. The van der Waals surface area contributed by atoms with E-state index in [1.165, 1.54) is 0 Å². The molecule has 2 atom stereocenters. The van der Waals surface area contributed by atoms with Crippen molar-refractivity contribution in [1.82, 2.24) is 0 Å². The van der Waals surface area contributed by atoms with Crippen molar-refractivity contribution >= 4 is 12.3 Å². The molecule has 0 radical (unpaired) electrons. The molecule has 2 fully saturated rings. The average molecular weight is 200 g/mol. The van der Waals surface area contributed by atoms with Gasteiger partial charge in [-0.1, -0.05) is 0 Å². The normalized spacial score (nSPS) is 37.4. The monoisotopic (exact) mass is 200 g/mol. The summed E-state index contributed by atoms with van der Waals surface area (Å²) >= 11 is 0. The number of carbonyl (C=O) groups excluding carboxylic acids is 2. The van der Waals surface area contributed by atoms with E-state index in [0.717, 1.165) is 19.3 Å². The first-order chi connectivity index (χ1) is 6.60. The Labute approximate surface area is 81.3 Å². The van der Waals surface area contributed by atoms with Crippen LogP contribution in [0.4, 0.5) is 9.59 Å². The fraction of sp³-hybridized carbons (Fsp3) is 0.778. The van der Waals surface area contributed by atoms with E-state index < -0.39 is 17.9 Å². The summed E-state index contributed by atoms with van der Waals surface area (Å²) in [5.41, 5.74) is -0.707. The molecule has 1 heterocycles. The van der Waals surface area contributed by atoms with Crippen molar-refractivity contribution in [1.29, 1.82) is 0 Å². The van der Waals surface area contributed by atoms with E-state index in [0.29, 0.717) is 6.42 Å². The first kappa shape index (κ1) is 9.30. The minimum Gasteiger partial charge on any atom is -0.426 e. The topological polar surface area (TPSA) is 61.8 Å². The lowest BCUT2D eigenvalue weighted by molar-refractivity contribution is -0.0813. The van der Waals surface area contributed by atoms with Gasteiger partial charge < -0.3 is 14.2 Å². The standard InChI is InChI=1S/C9H12O5/c1-9-5-3-2-4-6(9)12-7(10)13-8(11)14-9/h6H,2-5H2,1H3. The summed E-state index contributed by atoms with van der Waals surface area (Å²) in [7, 11) is 0. The smallest absolute Gasteiger partial charge is 0.426 e. The lowest BCUT2D eigenvalue weighted by Gasteiger charge is -2.36. The van der Waals surface area contributed by atoms with Crippen LogP contribution in [0.5, 0.6) is 0 Å². The van der Waals surface area contributed by atoms with Crippen molar-refractivity contribution < 1.29 is 23.8 Å². The Balaban J connectivity index is 2.22. The van der Waals surface area contributed by atoms with Gasteiger partial charge in [-0.2, -0.15) is 0 Å². The molecule has 78 valence electrons. The van der Waals surface area contributed by atoms with Crippen molar-refractivity contribution in [3.05, 3.63) is 0 Å². The van der Waals surface area contributed by atoms with Gasteiger partial charge in [0, 0.05) is 0 Å². The number of carbonyl (C=O) groups is 2. The third kappa shape index (κ3) is 1.54. The molecule has 2 unspecified atom stereocenters. The van der Waals surface area contributed by atoms with Crippen molar-refractivity contribution in [2.45, 2.75) is 44.3 Å². The van der Waals surface area contributed by atoms with Gasteiger partial charge in [-0.05, 0) is 32.6 Å². The molecule has 1 saturated heterocycles. The zero-order valence-corrected chi connectivity index (χ0v) is 7.95. The van der Waals surface area contributed by atoms with Crippen LogP contribution in [-0.4, -0.2) is 24.0 Å². The van der Waals surface area contributed by atoms with Crippen molar-refractivity contribution in [2.24, 2.45) is 0 Å². The first-order valence-electron chi connectivity index (χ1n) is 4.72. The Morgan fingerprint density at radius 3 is 2.86 bits per heavy atom. The highest BCUT2D eigenvalue weighted by Crippen LogP contribution is 2.35. The molecular weight excluding hydrogens is 188 g/mol. The molecule has 0 N–H and O–H groups in total. The number of hydrogen-bond donors (Lipinski definition) is 0. The second kappa shape index (κ2) is 3.15. The third-order valence-electron chi connectivity index (χ3n) is 2.79. The first-order valence-corrected chi connectivity index (χ1v) is 4.72. The molecule has 5 nitrogen and oxygen atoms in total. The van der Waals surface area contributed by atoms with Crippen LogP contribution in [0, 0.1) is 0 Å². The van der Waals surface area contributed by atoms with Gasteiger partial charge in [-0.3, -0.25) is 0 Å². The fourth-order valence-electron chi connectivity index (χ4n) is 1.99. The van der Waals surface area contributed by atoms with Gasteiger partial charge in [0.25, 0.3) is 0 Å². The summed E-state index contributed by atoms with van der Waals surface area (Å²) < 4.78 is 14.3. The van der Waals surface area contributed by atoms with Gasteiger partial charge in [0.2, 0.25) is 0 Å². The van der Waals surface area contributed by atoms with Gasteiger partial charge >= 0.3 is 12.3 Å². The highest BCUT2D eigenvalue weighted by atomic mass is 16.8. The SMILES string of the molecule is CC12CCCCC1OC(=O)OC(=O)O2. The largest absolute Gasteiger partial charge is 0.519 e. The Kier molecular flexibility index (Phi) is 2.09. The number of fused-ring (bicyclic) bond motifs is 1. The maximum Gasteiger partial charge on any atom is 0.519 e. The van der Waals surface area contributed by atoms with E-state index in [4.69, 9.17) is 9.47 Å². The molecule has 1 saturated carbocycles. The molecule has 1 aliphatic heterocycles. The van der Waals surface area contributed by atoms with Gasteiger partial charge in [0.05, 0.1) is 0 Å². The minimum absolute atomic E-state index is 0.366. The predicted molar refractivity (Wildman–Crippen MR) is 44.7 cm³/mol. The molecule has 14 heavy (non-hydrogen) atoms. The predicted octanol–water partition coefficient (Wildman–Crippen LogP) is 1.99. The Morgan fingerprint density at radius 1 is 1.29 bits per heavy atom. The van der Waals surface area contributed by atoms with E-state index in [2.05, 4.69) is 4.74 Å². The van der Waals surface area contributed by atoms with E-state index in [1.807, 2.05) is 0 Å². The molecule has 0 aromatic heterocycles. The molecule has 0 aromatic carbocycles. The summed E-state index contributed by atoms with van der Waals surface area (Å²) in [6.07, 6.45) is 1.10. The molecule has 2 rings (SSSR count). The van der Waals surface area contributed by atoms with Crippen LogP contribution in [0.2, 0.25) is 0 Å². The zero-order chi connectivity index (χ0) is 10.2. The highest BCUT2D eigenvalue weighted by molar-refractivity contribution is 5.78. The second-order valence-electron chi connectivity index (χ2n) is 3.87. The molecule has 0 bridgehead atoms. The maximum absolute atomic E-state index is 11.0. The number of hydrogen-bond acceptors (Lipinski definition) is 5. The van der Waals surface area contributed by atoms with E-state index >= 15 is 0 Å². The number of ether oxygens (including phenoxy) is 3. The van der Waals surface area contributed by atoms with Crippen molar-refractivity contribution in [3.63, 3.8) is 0 Å². The Morgan fingerprint density at radius 2 is 2.07 bits per heavy atom. The molecule has 0 aromatic rings. The molecular formula is C9H12O5. The Hall–Kier alpha value is -1.26. The molecule has 2 aliphatic rings. The minimum atomic E-state index is -0.957. The number of rotatable bonds is 0. The van der Waals surface area contributed by atoms with E-state index in [1.54, 1.807) is 6.92 Å². The summed E-state index contributed by atoms with van der Waals surface area (Å²) in [4.78, 5) is 22.0. The van der Waals surface area contributed by atoms with Crippen LogP contribution < -0.4 is 0 Å². The summed E-state index contributed by atoms with van der Waals surface area (Å²) in [5.74, 6) is 0. The van der Waals surface area contributed by atoms with Crippen molar-refractivity contribution in [3.8, 4) is 0 Å². The lowest BCUT2D eigenvalue weighted by Crippen LogP contribution is -2.45. The quantitative estimate of drug-likeness (QED) is 0.442. The average Bonchev–Trinajstić information content (AvgIpc) is 2.18. The van der Waals surface area contributed by atoms with E-state index in [-0.39, 0.29) is 6.10 Å². The summed E-state index contributed by atoms with van der Waals surface area (Å²) in [6.45, 7) is 1.77. The third-order valence-corrected chi connectivity index (χ3v) is 2.79. The molecule has 5 heteroatoms. The van der Waals surface area contributed by atoms with Crippen LogP contribution in [0.15, 0.2) is 0 Å². The molecule has 1 aliphatic carbocycles. The van der Waals surface area contributed by atoms with Gasteiger partial charge in [0.1, 0.15) is 11.7 Å². The molecule has 0 amide bonds. The Bertz CT molecular complexity index is 274. The van der Waals surface area contributed by atoms with Crippen LogP contribution in [-0.2, 0) is 14.2 Å². The van der Waals surface area contributed by atoms with Crippen LogP contribution in [0.25, 0.3) is 0 Å². The van der Waals surface area contributed by atoms with Gasteiger partial charge in [-0.15, -0.1) is 0 Å². The van der Waals surface area contributed by atoms with E-state index in [9.17, 15) is 9.59 Å². The van der Waals surface area contributed by atoms with Gasteiger partial charge in [-0.25, -0.2) is 9.59 Å². The summed E-state index contributed by atoms with van der Waals surface area (Å²) in [6, 6.07) is 0. The van der Waals surface area contributed by atoms with Crippen molar-refractivity contribution in [2.75, 3.05) is 0 Å². The number of cyclic esters (lactones) is 2. The summed E-state index contributed by atoms with van der Waals surface area (Å²) in [5, 5.41) is 0. The second-order valence-corrected chi connectivity index (χ2v) is 3.87. The fourth-order valence-corrected chi connectivity index (χ4v) is 1.99. The lowest BCUT2D eigenvalue weighted by atomic mass is 9.83.